The van der Waals surface area contributed by atoms with Crippen molar-refractivity contribution in [1.29, 1.82) is 0 Å². The molecule has 0 heterocycles. The SMILES string of the molecule is [CH2]C#CCCCCCCCCCCCCCCCCCCCCCCCCCC[CH2]. The molecule has 0 amide bonds. The van der Waals surface area contributed by atoms with E-state index in [0.29, 0.717) is 0 Å². The van der Waals surface area contributed by atoms with Gasteiger partial charge in [-0.15, -0.1) is 11.8 Å². The van der Waals surface area contributed by atoms with Crippen LogP contribution in [0.15, 0.2) is 0 Å². The second-order valence-corrected chi connectivity index (χ2v) is 9.44. The van der Waals surface area contributed by atoms with Crippen molar-refractivity contribution in [2.45, 2.75) is 167 Å². The van der Waals surface area contributed by atoms with E-state index in [1.807, 2.05) is 0 Å². The molecule has 0 aliphatic heterocycles. The maximum absolute atomic E-state index is 3.91. The van der Waals surface area contributed by atoms with Gasteiger partial charge in [-0.25, -0.2) is 0 Å². The lowest BCUT2D eigenvalue weighted by atomic mass is 10.0. The highest BCUT2D eigenvalue weighted by Gasteiger charge is 1.96. The van der Waals surface area contributed by atoms with Gasteiger partial charge >= 0.3 is 0 Å². The Balaban J connectivity index is 2.99. The summed E-state index contributed by atoms with van der Waals surface area (Å²) in [6.07, 6.45) is 36.7. The van der Waals surface area contributed by atoms with Crippen LogP contribution in [0.1, 0.15) is 167 Å². The molecule has 0 N–H and O–H groups in total. The third-order valence-electron chi connectivity index (χ3n) is 6.43. The summed E-state index contributed by atoms with van der Waals surface area (Å²) in [5.74, 6) is 5.79. The summed E-state index contributed by atoms with van der Waals surface area (Å²) in [7, 11) is 0. The molecule has 0 fully saturated rings. The molecule has 0 aliphatic carbocycles. The van der Waals surface area contributed by atoms with Gasteiger partial charge in [-0.2, -0.15) is 0 Å². The maximum Gasteiger partial charge on any atom is 0.0198 e. The van der Waals surface area contributed by atoms with E-state index in [1.54, 1.807) is 0 Å². The second-order valence-electron chi connectivity index (χ2n) is 9.44. The van der Waals surface area contributed by atoms with Crippen LogP contribution in [0.2, 0.25) is 0 Å². The lowest BCUT2D eigenvalue weighted by molar-refractivity contribution is 0.517. The molecule has 0 aliphatic rings. The van der Waals surface area contributed by atoms with Crippen molar-refractivity contribution in [2.24, 2.45) is 0 Å². The molecule has 0 rings (SSSR count). The van der Waals surface area contributed by atoms with Gasteiger partial charge in [0.05, 0.1) is 0 Å². The Hall–Kier alpha value is -0.440. The number of hydrogen-bond donors (Lipinski definition) is 0. The van der Waals surface area contributed by atoms with Crippen LogP contribution in [0.5, 0.6) is 0 Å². The molecule has 0 aromatic heterocycles. The summed E-state index contributed by atoms with van der Waals surface area (Å²) in [4.78, 5) is 0. The average molecular weight is 417 g/mol. The summed E-state index contributed by atoms with van der Waals surface area (Å²) in [5.41, 5.74) is 0. The van der Waals surface area contributed by atoms with E-state index < -0.39 is 0 Å². The van der Waals surface area contributed by atoms with Gasteiger partial charge in [0, 0.05) is 13.3 Å². The Morgan fingerprint density at radius 2 is 0.567 bits per heavy atom. The maximum atomic E-state index is 3.91. The van der Waals surface area contributed by atoms with Crippen LogP contribution in [0.25, 0.3) is 0 Å². The first-order chi connectivity index (χ1) is 14.9. The van der Waals surface area contributed by atoms with E-state index in [0.717, 1.165) is 12.8 Å². The second kappa shape index (κ2) is 28.6. The highest BCUT2D eigenvalue weighted by molar-refractivity contribution is 5.00. The first-order valence-corrected chi connectivity index (χ1v) is 14.0. The van der Waals surface area contributed by atoms with Gasteiger partial charge in [0.2, 0.25) is 0 Å². The molecule has 176 valence electrons. The molecule has 30 heavy (non-hydrogen) atoms. The normalized spacial score (nSPS) is 10.9. The lowest BCUT2D eigenvalue weighted by Crippen LogP contribution is -1.84. The Labute approximate surface area is 192 Å². The summed E-state index contributed by atoms with van der Waals surface area (Å²) < 4.78 is 0. The van der Waals surface area contributed by atoms with Crippen LogP contribution in [-0.2, 0) is 0 Å². The number of hydrogen-bond acceptors (Lipinski definition) is 0. The molecule has 0 aromatic rings. The van der Waals surface area contributed by atoms with Crippen molar-refractivity contribution >= 4 is 0 Å². The van der Waals surface area contributed by atoms with Crippen LogP contribution in [-0.4, -0.2) is 0 Å². The largest absolute Gasteiger partial charge is 0.103 e. The minimum Gasteiger partial charge on any atom is -0.103 e. The quantitative estimate of drug-likeness (QED) is 0.102. The van der Waals surface area contributed by atoms with Gasteiger partial charge in [0.15, 0.2) is 0 Å². The van der Waals surface area contributed by atoms with E-state index in [1.165, 1.54) is 154 Å². The fraction of sp³-hybridized carbons (Fsp3) is 0.867. The highest BCUT2D eigenvalue weighted by Crippen LogP contribution is 2.15. The molecule has 0 saturated carbocycles. The average Bonchev–Trinajstić information content (AvgIpc) is 2.76. The fourth-order valence-corrected chi connectivity index (χ4v) is 4.37. The number of rotatable bonds is 25. The van der Waals surface area contributed by atoms with Crippen LogP contribution in [0.4, 0.5) is 0 Å². The lowest BCUT2D eigenvalue weighted by Gasteiger charge is -2.04. The zero-order valence-corrected chi connectivity index (χ0v) is 20.8. The molecule has 2 radical (unpaired) electrons. The zero-order valence-electron chi connectivity index (χ0n) is 20.8. The predicted octanol–water partition coefficient (Wildman–Crippen LogP) is 10.8. The Bertz CT molecular complexity index is 345. The molecular formula is C30H56. The molecule has 0 bridgehead atoms. The van der Waals surface area contributed by atoms with Gasteiger partial charge in [0.1, 0.15) is 0 Å². The van der Waals surface area contributed by atoms with E-state index in [-0.39, 0.29) is 0 Å². The van der Waals surface area contributed by atoms with Crippen molar-refractivity contribution in [1.82, 2.24) is 0 Å². The summed E-state index contributed by atoms with van der Waals surface area (Å²) in [6, 6.07) is 0. The van der Waals surface area contributed by atoms with E-state index >= 15 is 0 Å². The monoisotopic (exact) mass is 416 g/mol. The molecule has 0 heteroatoms. The number of unbranched alkanes of at least 4 members (excludes halogenated alkanes) is 25. The highest BCUT2D eigenvalue weighted by atomic mass is 14.0. The molecule has 0 nitrogen and oxygen atoms in total. The third-order valence-corrected chi connectivity index (χ3v) is 6.43. The van der Waals surface area contributed by atoms with Crippen LogP contribution >= 0.6 is 0 Å². The summed E-state index contributed by atoms with van der Waals surface area (Å²) >= 11 is 0. The minimum absolute atomic E-state index is 1.04. The minimum atomic E-state index is 1.04. The zero-order chi connectivity index (χ0) is 21.8. The van der Waals surface area contributed by atoms with Crippen molar-refractivity contribution in [2.75, 3.05) is 0 Å². The van der Waals surface area contributed by atoms with Crippen molar-refractivity contribution in [3.05, 3.63) is 13.8 Å². The smallest absolute Gasteiger partial charge is 0.0198 e. The van der Waals surface area contributed by atoms with Crippen LogP contribution < -0.4 is 0 Å². The predicted molar refractivity (Wildman–Crippen MR) is 139 cm³/mol. The van der Waals surface area contributed by atoms with Crippen molar-refractivity contribution in [3.63, 3.8) is 0 Å². The van der Waals surface area contributed by atoms with E-state index in [4.69, 9.17) is 0 Å². The van der Waals surface area contributed by atoms with Gasteiger partial charge in [0.25, 0.3) is 0 Å². The molecular weight excluding hydrogens is 360 g/mol. The van der Waals surface area contributed by atoms with Crippen molar-refractivity contribution < 1.29 is 0 Å². The summed E-state index contributed by atoms with van der Waals surface area (Å²) in [5, 5.41) is 0. The third kappa shape index (κ3) is 27.6. The van der Waals surface area contributed by atoms with Gasteiger partial charge < -0.3 is 0 Å². The first kappa shape index (κ1) is 29.6. The van der Waals surface area contributed by atoms with E-state index in [9.17, 15) is 0 Å². The van der Waals surface area contributed by atoms with Crippen molar-refractivity contribution in [3.8, 4) is 11.8 Å². The topological polar surface area (TPSA) is 0 Å². The first-order valence-electron chi connectivity index (χ1n) is 14.0. The Morgan fingerprint density at radius 3 is 0.800 bits per heavy atom. The van der Waals surface area contributed by atoms with Crippen LogP contribution in [0.3, 0.4) is 0 Å². The molecule has 0 atom stereocenters. The van der Waals surface area contributed by atoms with Gasteiger partial charge in [-0.05, 0) is 6.42 Å². The van der Waals surface area contributed by atoms with Crippen LogP contribution in [0, 0.1) is 25.7 Å². The van der Waals surface area contributed by atoms with Gasteiger partial charge in [-0.1, -0.05) is 161 Å². The van der Waals surface area contributed by atoms with Gasteiger partial charge in [-0.3, -0.25) is 0 Å². The molecule has 0 aromatic carbocycles. The Morgan fingerprint density at radius 1 is 0.333 bits per heavy atom. The summed E-state index contributed by atoms with van der Waals surface area (Å²) in [6.45, 7) is 7.47. The van der Waals surface area contributed by atoms with E-state index in [2.05, 4.69) is 25.7 Å². The fourth-order valence-electron chi connectivity index (χ4n) is 4.37. The standard InChI is InChI=1S/C30H56/c1-3-5-7-9-11-13-15-17-19-21-23-25-27-29-30-28-26-24-22-20-18-16-14-12-10-8-6-4-2/h1-3,5,7-30H2. The molecule has 0 unspecified atom stereocenters. The molecule has 0 spiro atoms. The Kier molecular flexibility index (Phi) is 28.1. The molecule has 0 saturated heterocycles.